The van der Waals surface area contributed by atoms with Crippen LogP contribution in [0.2, 0.25) is 0 Å². The number of hydrogen-bond donors (Lipinski definition) is 0. The van der Waals surface area contributed by atoms with E-state index in [2.05, 4.69) is 31.2 Å². The molecular formula is C14H17NO. The molecule has 1 aliphatic carbocycles. The Bertz CT molecular complexity index is 417. The third-order valence-corrected chi connectivity index (χ3v) is 3.97. The molecule has 3 rings (SSSR count). The van der Waals surface area contributed by atoms with Crippen LogP contribution < -0.4 is 4.90 Å². The van der Waals surface area contributed by atoms with Crippen LogP contribution in [0.4, 0.5) is 5.69 Å². The molecule has 0 bridgehead atoms. The molecule has 0 radical (unpaired) electrons. The Hall–Kier alpha value is -1.31. The fourth-order valence-corrected chi connectivity index (χ4v) is 2.55. The van der Waals surface area contributed by atoms with E-state index in [0.717, 1.165) is 25.1 Å². The number of rotatable bonds is 1. The average molecular weight is 215 g/mol. The topological polar surface area (TPSA) is 20.3 Å². The molecular weight excluding hydrogens is 198 g/mol. The number of amides is 1. The van der Waals surface area contributed by atoms with Crippen LogP contribution in [0.25, 0.3) is 0 Å². The van der Waals surface area contributed by atoms with Crippen LogP contribution in [0.5, 0.6) is 0 Å². The molecule has 1 amide bonds. The average Bonchev–Trinajstić information content (AvgIpc) is 3.04. The summed E-state index contributed by atoms with van der Waals surface area (Å²) >= 11 is 0. The minimum Gasteiger partial charge on any atom is -0.312 e. The van der Waals surface area contributed by atoms with Gasteiger partial charge in [-0.3, -0.25) is 4.79 Å². The SMILES string of the molecule is Cc1ccc(N2CC3(CCC2=O)CC3)cc1. The highest BCUT2D eigenvalue weighted by Gasteiger charge is 2.47. The van der Waals surface area contributed by atoms with Crippen molar-refractivity contribution in [3.8, 4) is 0 Å². The molecule has 1 aromatic carbocycles. The molecule has 84 valence electrons. The first-order valence-electron chi connectivity index (χ1n) is 6.06. The molecule has 2 fully saturated rings. The van der Waals surface area contributed by atoms with Gasteiger partial charge in [0.25, 0.3) is 0 Å². The number of aryl methyl sites for hydroxylation is 1. The van der Waals surface area contributed by atoms with E-state index in [1.54, 1.807) is 0 Å². The molecule has 0 atom stereocenters. The van der Waals surface area contributed by atoms with Gasteiger partial charge in [-0.25, -0.2) is 0 Å². The van der Waals surface area contributed by atoms with E-state index >= 15 is 0 Å². The largest absolute Gasteiger partial charge is 0.312 e. The zero-order chi connectivity index (χ0) is 11.2. The van der Waals surface area contributed by atoms with Gasteiger partial charge in [-0.15, -0.1) is 0 Å². The van der Waals surface area contributed by atoms with E-state index in [0.29, 0.717) is 11.3 Å². The summed E-state index contributed by atoms with van der Waals surface area (Å²) in [6.07, 6.45) is 4.45. The van der Waals surface area contributed by atoms with Gasteiger partial charge >= 0.3 is 0 Å². The van der Waals surface area contributed by atoms with Crippen LogP contribution in [0.15, 0.2) is 24.3 Å². The Balaban J connectivity index is 1.86. The van der Waals surface area contributed by atoms with Crippen LogP contribution in [-0.4, -0.2) is 12.5 Å². The summed E-state index contributed by atoms with van der Waals surface area (Å²) in [7, 11) is 0. The highest BCUT2D eigenvalue weighted by molar-refractivity contribution is 5.94. The fraction of sp³-hybridized carbons (Fsp3) is 0.500. The van der Waals surface area contributed by atoms with Crippen molar-refractivity contribution < 1.29 is 4.79 Å². The van der Waals surface area contributed by atoms with Crippen molar-refractivity contribution >= 4 is 11.6 Å². The number of nitrogens with zero attached hydrogens (tertiary/aromatic N) is 1. The quantitative estimate of drug-likeness (QED) is 0.705. The standard InChI is InChI=1S/C14H17NO/c1-11-2-4-12(5-3-11)15-10-14(8-9-14)7-6-13(15)16/h2-5H,6-10H2,1H3. The maximum atomic E-state index is 11.9. The molecule has 0 unspecified atom stereocenters. The van der Waals surface area contributed by atoms with E-state index in [1.807, 2.05) is 4.90 Å². The van der Waals surface area contributed by atoms with Crippen molar-refractivity contribution in [3.05, 3.63) is 29.8 Å². The molecule has 2 aliphatic rings. The lowest BCUT2D eigenvalue weighted by atomic mass is 9.94. The Morgan fingerprint density at radius 2 is 1.81 bits per heavy atom. The monoisotopic (exact) mass is 215 g/mol. The second-order valence-electron chi connectivity index (χ2n) is 5.32. The van der Waals surface area contributed by atoms with Gasteiger partial charge in [0, 0.05) is 18.7 Å². The number of carbonyl (C=O) groups excluding carboxylic acids is 1. The van der Waals surface area contributed by atoms with Gasteiger partial charge in [-0.05, 0) is 43.7 Å². The second-order valence-corrected chi connectivity index (χ2v) is 5.32. The molecule has 1 heterocycles. The lowest BCUT2D eigenvalue weighted by molar-refractivity contribution is -0.120. The number of piperidine rings is 1. The van der Waals surface area contributed by atoms with Crippen molar-refractivity contribution in [2.75, 3.05) is 11.4 Å². The number of carbonyl (C=O) groups is 1. The first kappa shape index (κ1) is 9.88. The first-order valence-corrected chi connectivity index (χ1v) is 6.06. The van der Waals surface area contributed by atoms with E-state index in [9.17, 15) is 4.79 Å². The van der Waals surface area contributed by atoms with E-state index in [-0.39, 0.29) is 0 Å². The summed E-state index contributed by atoms with van der Waals surface area (Å²) < 4.78 is 0. The molecule has 1 aromatic rings. The van der Waals surface area contributed by atoms with E-state index < -0.39 is 0 Å². The van der Waals surface area contributed by atoms with Gasteiger partial charge in [0.05, 0.1) is 0 Å². The third kappa shape index (κ3) is 1.62. The minimum absolute atomic E-state index is 0.293. The van der Waals surface area contributed by atoms with Crippen LogP contribution in [0.1, 0.15) is 31.2 Å². The number of benzene rings is 1. The Morgan fingerprint density at radius 3 is 2.44 bits per heavy atom. The maximum Gasteiger partial charge on any atom is 0.227 e. The Labute approximate surface area is 96.3 Å². The van der Waals surface area contributed by atoms with Crippen LogP contribution >= 0.6 is 0 Å². The van der Waals surface area contributed by atoms with Gasteiger partial charge in [0.15, 0.2) is 0 Å². The number of hydrogen-bond acceptors (Lipinski definition) is 1. The van der Waals surface area contributed by atoms with Crippen molar-refractivity contribution in [2.24, 2.45) is 5.41 Å². The smallest absolute Gasteiger partial charge is 0.227 e. The zero-order valence-corrected chi connectivity index (χ0v) is 9.70. The minimum atomic E-state index is 0.293. The molecule has 1 aliphatic heterocycles. The van der Waals surface area contributed by atoms with Gasteiger partial charge in [-0.2, -0.15) is 0 Å². The summed E-state index contributed by atoms with van der Waals surface area (Å²) in [6, 6.07) is 8.29. The van der Waals surface area contributed by atoms with Crippen LogP contribution in [-0.2, 0) is 4.79 Å². The number of anilines is 1. The normalized spacial score (nSPS) is 22.6. The van der Waals surface area contributed by atoms with Gasteiger partial charge < -0.3 is 4.90 Å². The summed E-state index contributed by atoms with van der Waals surface area (Å²) in [5.41, 5.74) is 2.80. The van der Waals surface area contributed by atoms with Crippen molar-refractivity contribution in [3.63, 3.8) is 0 Å². The summed E-state index contributed by atoms with van der Waals surface area (Å²) in [6.45, 7) is 3.01. The predicted molar refractivity (Wildman–Crippen MR) is 64.4 cm³/mol. The van der Waals surface area contributed by atoms with Crippen LogP contribution in [0.3, 0.4) is 0 Å². The van der Waals surface area contributed by atoms with Gasteiger partial charge in [0.2, 0.25) is 5.91 Å². The highest BCUT2D eigenvalue weighted by Crippen LogP contribution is 2.52. The van der Waals surface area contributed by atoms with E-state index in [1.165, 1.54) is 18.4 Å². The van der Waals surface area contributed by atoms with Crippen molar-refractivity contribution in [1.82, 2.24) is 0 Å². The summed E-state index contributed by atoms with van der Waals surface area (Å²) in [5, 5.41) is 0. The molecule has 1 spiro atoms. The summed E-state index contributed by atoms with van der Waals surface area (Å²) in [5.74, 6) is 0.293. The van der Waals surface area contributed by atoms with E-state index in [4.69, 9.17) is 0 Å². The molecule has 1 saturated carbocycles. The lowest BCUT2D eigenvalue weighted by Crippen LogP contribution is -2.40. The zero-order valence-electron chi connectivity index (χ0n) is 9.70. The molecule has 16 heavy (non-hydrogen) atoms. The molecule has 0 N–H and O–H groups in total. The highest BCUT2D eigenvalue weighted by atomic mass is 16.2. The predicted octanol–water partition coefficient (Wildman–Crippen LogP) is 2.90. The lowest BCUT2D eigenvalue weighted by Gasteiger charge is -2.32. The third-order valence-electron chi connectivity index (χ3n) is 3.97. The fourth-order valence-electron chi connectivity index (χ4n) is 2.55. The van der Waals surface area contributed by atoms with Gasteiger partial charge in [-0.1, -0.05) is 17.7 Å². The molecule has 2 heteroatoms. The van der Waals surface area contributed by atoms with Crippen molar-refractivity contribution in [2.45, 2.75) is 32.6 Å². The van der Waals surface area contributed by atoms with Crippen molar-refractivity contribution in [1.29, 1.82) is 0 Å². The first-order chi connectivity index (χ1) is 7.69. The molecule has 0 aromatic heterocycles. The second kappa shape index (κ2) is 3.34. The van der Waals surface area contributed by atoms with Gasteiger partial charge in [0.1, 0.15) is 0 Å². The summed E-state index contributed by atoms with van der Waals surface area (Å²) in [4.78, 5) is 13.9. The Kier molecular flexibility index (Phi) is 2.06. The van der Waals surface area contributed by atoms with Crippen LogP contribution in [0, 0.1) is 12.3 Å². The molecule has 2 nitrogen and oxygen atoms in total. The Morgan fingerprint density at radius 1 is 1.12 bits per heavy atom. The molecule has 1 saturated heterocycles. The maximum absolute atomic E-state index is 11.9.